The molecule has 25 heavy (non-hydrogen) atoms. The molecule has 0 aromatic heterocycles. The van der Waals surface area contributed by atoms with Crippen molar-refractivity contribution in [1.82, 2.24) is 0 Å². The Morgan fingerprint density at radius 1 is 0.480 bits per heavy atom. The molecule has 0 bridgehead atoms. The van der Waals surface area contributed by atoms with Crippen molar-refractivity contribution >= 4 is 6.01 Å². The van der Waals surface area contributed by atoms with Crippen molar-refractivity contribution in [3.05, 3.63) is 0 Å². The number of nitrogens with one attached hydrogen (secondary N) is 1. The van der Waals surface area contributed by atoms with E-state index in [1.807, 2.05) is 0 Å². The average Bonchev–Trinajstić information content (AvgIpc) is 2.63. The zero-order valence-electron chi connectivity index (χ0n) is 17.3. The molecular formula is C23H46N2. The Morgan fingerprint density at radius 2 is 0.760 bits per heavy atom. The van der Waals surface area contributed by atoms with E-state index in [4.69, 9.17) is 5.41 Å². The predicted octanol–water partition coefficient (Wildman–Crippen LogP) is 8.56. The lowest BCUT2D eigenvalue weighted by Crippen LogP contribution is -1.85. The Labute approximate surface area is 158 Å². The third-order valence-corrected chi connectivity index (χ3v) is 5.20. The minimum atomic E-state index is 0.794. The first kappa shape index (κ1) is 24.4. The number of hydrogen-bond donors (Lipinski definition) is 1. The number of aliphatic imine (C=N–C) groups is 1. The third-order valence-electron chi connectivity index (χ3n) is 5.20. The van der Waals surface area contributed by atoms with Gasteiger partial charge in [-0.1, -0.05) is 129 Å². The Balaban J connectivity index is 2.97. The Bertz CT molecular complexity index is 282. The van der Waals surface area contributed by atoms with Gasteiger partial charge in [0.25, 0.3) is 0 Å². The molecule has 0 radical (unpaired) electrons. The van der Waals surface area contributed by atoms with Crippen LogP contribution in [0.2, 0.25) is 0 Å². The molecule has 0 aliphatic heterocycles. The van der Waals surface area contributed by atoms with Crippen molar-refractivity contribution in [1.29, 1.82) is 5.41 Å². The molecule has 148 valence electrons. The average molecular weight is 351 g/mol. The summed E-state index contributed by atoms with van der Waals surface area (Å²) in [6.07, 6.45) is 28.3. The van der Waals surface area contributed by atoms with Gasteiger partial charge in [-0.15, -0.1) is 0 Å². The number of rotatable bonds is 21. The van der Waals surface area contributed by atoms with Gasteiger partial charge in [-0.2, -0.15) is 0 Å². The van der Waals surface area contributed by atoms with Gasteiger partial charge in [0.05, 0.1) is 6.01 Å². The molecule has 0 atom stereocenters. The minimum Gasteiger partial charge on any atom is -0.242 e. The monoisotopic (exact) mass is 350 g/mol. The van der Waals surface area contributed by atoms with Gasteiger partial charge in [0.1, 0.15) is 0 Å². The van der Waals surface area contributed by atoms with Crippen LogP contribution in [-0.4, -0.2) is 12.6 Å². The molecule has 0 amide bonds. The summed E-state index contributed by atoms with van der Waals surface area (Å²) in [5, 5.41) is 6.70. The summed E-state index contributed by atoms with van der Waals surface area (Å²) in [6.45, 7) is 3.09. The fraction of sp³-hybridized carbons (Fsp3) is 0.957. The van der Waals surface area contributed by atoms with Crippen molar-refractivity contribution in [3.63, 3.8) is 0 Å². The van der Waals surface area contributed by atoms with Gasteiger partial charge in [-0.25, -0.2) is 10.4 Å². The smallest absolute Gasteiger partial charge is 0.0861 e. The Kier molecular flexibility index (Phi) is 22.8. The Hall–Kier alpha value is -0.620. The van der Waals surface area contributed by atoms with Gasteiger partial charge in [0.2, 0.25) is 0 Å². The van der Waals surface area contributed by atoms with Gasteiger partial charge in [0, 0.05) is 6.54 Å². The minimum absolute atomic E-state index is 0.794. The normalized spacial score (nSPS) is 10.8. The van der Waals surface area contributed by atoms with Crippen LogP contribution in [0.1, 0.15) is 135 Å². The summed E-state index contributed by atoms with van der Waals surface area (Å²) < 4.78 is 0. The molecule has 0 unspecified atom stereocenters. The van der Waals surface area contributed by atoms with Gasteiger partial charge < -0.3 is 0 Å². The van der Waals surface area contributed by atoms with Crippen molar-refractivity contribution < 1.29 is 0 Å². The second-order valence-electron chi connectivity index (χ2n) is 7.71. The van der Waals surface area contributed by atoms with Crippen LogP contribution in [0.3, 0.4) is 0 Å². The molecule has 0 heterocycles. The van der Waals surface area contributed by atoms with Gasteiger partial charge in [0.15, 0.2) is 0 Å². The summed E-state index contributed by atoms with van der Waals surface area (Å²) in [7, 11) is 0. The van der Waals surface area contributed by atoms with E-state index in [9.17, 15) is 0 Å². The molecule has 0 aromatic rings. The quantitative estimate of drug-likeness (QED) is 0.159. The van der Waals surface area contributed by atoms with Crippen LogP contribution in [0.25, 0.3) is 0 Å². The van der Waals surface area contributed by atoms with E-state index in [1.165, 1.54) is 122 Å². The van der Waals surface area contributed by atoms with Crippen molar-refractivity contribution in [3.8, 4) is 0 Å². The first-order valence-corrected chi connectivity index (χ1v) is 11.5. The van der Waals surface area contributed by atoms with Crippen LogP contribution in [0.4, 0.5) is 0 Å². The fourth-order valence-electron chi connectivity index (χ4n) is 3.50. The van der Waals surface area contributed by atoms with Crippen LogP contribution in [0, 0.1) is 5.41 Å². The largest absolute Gasteiger partial charge is 0.242 e. The summed E-state index contributed by atoms with van der Waals surface area (Å²) in [6, 6.07) is 2.10. The lowest BCUT2D eigenvalue weighted by molar-refractivity contribution is 0.522. The highest BCUT2D eigenvalue weighted by Crippen LogP contribution is 2.14. The molecule has 0 saturated heterocycles. The Morgan fingerprint density at radius 3 is 1.04 bits per heavy atom. The molecule has 2 nitrogen and oxygen atoms in total. The highest BCUT2D eigenvalue weighted by molar-refractivity contribution is 5.35. The van der Waals surface area contributed by atoms with E-state index in [0.717, 1.165) is 13.0 Å². The zero-order valence-corrected chi connectivity index (χ0v) is 17.3. The van der Waals surface area contributed by atoms with Crippen molar-refractivity contribution in [2.45, 2.75) is 135 Å². The van der Waals surface area contributed by atoms with Gasteiger partial charge in [-0.05, 0) is 6.42 Å². The predicted molar refractivity (Wildman–Crippen MR) is 113 cm³/mol. The summed E-state index contributed by atoms with van der Waals surface area (Å²) in [4.78, 5) is 3.81. The molecular weight excluding hydrogens is 304 g/mol. The third kappa shape index (κ3) is 23.4. The van der Waals surface area contributed by atoms with Crippen LogP contribution < -0.4 is 0 Å². The maximum atomic E-state index is 6.70. The van der Waals surface area contributed by atoms with Gasteiger partial charge in [-0.3, -0.25) is 0 Å². The second-order valence-corrected chi connectivity index (χ2v) is 7.71. The molecule has 0 aromatic carbocycles. The lowest BCUT2D eigenvalue weighted by Gasteiger charge is -2.04. The summed E-state index contributed by atoms with van der Waals surface area (Å²) in [5.41, 5.74) is 0. The molecule has 2 heteroatoms. The maximum Gasteiger partial charge on any atom is 0.0861 e. The molecule has 0 aliphatic rings. The molecule has 1 N–H and O–H groups in total. The zero-order chi connectivity index (χ0) is 18.3. The number of unbranched alkanes of at least 4 members (excludes halogenated alkanes) is 19. The van der Waals surface area contributed by atoms with E-state index in [1.54, 1.807) is 0 Å². The first-order valence-electron chi connectivity index (χ1n) is 11.5. The molecule has 0 saturated carbocycles. The molecule has 0 fully saturated rings. The number of nitrogens with zero attached hydrogens (tertiary/aromatic N) is 1. The molecule has 0 rings (SSSR count). The van der Waals surface area contributed by atoms with E-state index >= 15 is 0 Å². The topological polar surface area (TPSA) is 36.2 Å². The SMILES string of the molecule is CCCCCCCCCCCCCCCCCCCCCCN=C=N. The highest BCUT2D eigenvalue weighted by Gasteiger charge is 1.95. The number of hydrogen-bond acceptors (Lipinski definition) is 2. The maximum absolute atomic E-state index is 6.70. The summed E-state index contributed by atoms with van der Waals surface area (Å²) in [5.74, 6) is 0. The van der Waals surface area contributed by atoms with Crippen LogP contribution in [0.15, 0.2) is 4.99 Å². The standard InChI is InChI=1S/C23H46N2/c1-2-3-4-5-6-7-8-9-10-11-12-13-14-15-16-17-18-19-20-21-22-25-23-24/h24H,2-22H2,1H3. The van der Waals surface area contributed by atoms with Crippen LogP contribution >= 0.6 is 0 Å². The first-order chi connectivity index (χ1) is 12.4. The lowest BCUT2D eigenvalue weighted by atomic mass is 10.0. The van der Waals surface area contributed by atoms with Crippen molar-refractivity contribution in [2.75, 3.05) is 6.54 Å². The highest BCUT2D eigenvalue weighted by atomic mass is 14.7. The van der Waals surface area contributed by atoms with E-state index in [-0.39, 0.29) is 0 Å². The fourth-order valence-corrected chi connectivity index (χ4v) is 3.50. The van der Waals surface area contributed by atoms with Crippen LogP contribution in [-0.2, 0) is 0 Å². The molecule has 0 spiro atoms. The van der Waals surface area contributed by atoms with Crippen molar-refractivity contribution in [2.24, 2.45) is 4.99 Å². The van der Waals surface area contributed by atoms with Crippen LogP contribution in [0.5, 0.6) is 0 Å². The van der Waals surface area contributed by atoms with Gasteiger partial charge >= 0.3 is 0 Å². The summed E-state index contributed by atoms with van der Waals surface area (Å²) >= 11 is 0. The van der Waals surface area contributed by atoms with E-state index < -0.39 is 0 Å². The molecule has 0 aliphatic carbocycles. The second kappa shape index (κ2) is 23.4. The van der Waals surface area contributed by atoms with E-state index in [0.29, 0.717) is 0 Å². The van der Waals surface area contributed by atoms with E-state index in [2.05, 4.69) is 17.9 Å².